The molecule has 1 aromatic heterocycles. The smallest absolute Gasteiger partial charge is 0.137 e. The van der Waals surface area contributed by atoms with Crippen molar-refractivity contribution >= 4 is 15.9 Å². The molecule has 1 unspecified atom stereocenters. The highest BCUT2D eigenvalue weighted by atomic mass is 79.9. The Balaban J connectivity index is 2.42. The monoisotopic (exact) mass is 297 g/mol. The van der Waals surface area contributed by atoms with Crippen LogP contribution in [-0.2, 0) is 7.05 Å². The van der Waals surface area contributed by atoms with Gasteiger partial charge in [-0.15, -0.1) is 0 Å². The van der Waals surface area contributed by atoms with Gasteiger partial charge in [-0.25, -0.2) is 9.37 Å². The van der Waals surface area contributed by atoms with Gasteiger partial charge in [0.05, 0.1) is 10.5 Å². The number of imidazole rings is 1. The van der Waals surface area contributed by atoms with Crippen LogP contribution in [0.15, 0.2) is 35.1 Å². The first kappa shape index (κ1) is 12.3. The molecule has 1 atom stereocenters. The molecule has 5 heteroatoms. The molecule has 0 saturated carbocycles. The number of hydrogen-bond acceptors (Lipinski definition) is 2. The zero-order valence-corrected chi connectivity index (χ0v) is 11.2. The molecule has 0 saturated heterocycles. The summed E-state index contributed by atoms with van der Waals surface area (Å²) in [6.07, 6.45) is 3.64. The van der Waals surface area contributed by atoms with Crippen LogP contribution in [0, 0.1) is 5.82 Å². The Morgan fingerprint density at radius 2 is 2.24 bits per heavy atom. The van der Waals surface area contributed by atoms with E-state index in [1.54, 1.807) is 18.3 Å². The first-order chi connectivity index (χ1) is 8.13. The van der Waals surface area contributed by atoms with Crippen molar-refractivity contribution in [3.05, 3.63) is 52.3 Å². The average Bonchev–Trinajstić information content (AvgIpc) is 2.71. The third-order valence-electron chi connectivity index (χ3n) is 2.68. The largest absolute Gasteiger partial charge is 0.336 e. The first-order valence-corrected chi connectivity index (χ1v) is 6.02. The second-order valence-corrected chi connectivity index (χ2v) is 4.65. The van der Waals surface area contributed by atoms with Gasteiger partial charge in [0.2, 0.25) is 0 Å². The van der Waals surface area contributed by atoms with E-state index in [0.717, 1.165) is 11.4 Å². The Labute approximate surface area is 108 Å². The Bertz CT molecular complexity index is 524. The van der Waals surface area contributed by atoms with Gasteiger partial charge in [-0.05, 0) is 40.7 Å². The van der Waals surface area contributed by atoms with E-state index < -0.39 is 0 Å². The van der Waals surface area contributed by atoms with Crippen molar-refractivity contribution in [1.29, 1.82) is 0 Å². The van der Waals surface area contributed by atoms with Crippen LogP contribution >= 0.6 is 15.9 Å². The van der Waals surface area contributed by atoms with Crippen molar-refractivity contribution < 1.29 is 4.39 Å². The fraction of sp³-hybridized carbons (Fsp3) is 0.250. The molecule has 3 nitrogen and oxygen atoms in total. The topological polar surface area (TPSA) is 29.9 Å². The van der Waals surface area contributed by atoms with E-state index in [4.69, 9.17) is 0 Å². The van der Waals surface area contributed by atoms with Crippen molar-refractivity contribution in [2.75, 3.05) is 7.05 Å². The number of halogens is 2. The number of hydrogen-bond donors (Lipinski definition) is 1. The van der Waals surface area contributed by atoms with Crippen molar-refractivity contribution in [2.24, 2.45) is 7.05 Å². The van der Waals surface area contributed by atoms with Crippen molar-refractivity contribution in [1.82, 2.24) is 14.9 Å². The van der Waals surface area contributed by atoms with Crippen LogP contribution in [0.1, 0.15) is 17.4 Å². The maximum atomic E-state index is 13.2. The molecular formula is C12H13BrFN3. The van der Waals surface area contributed by atoms with Crippen LogP contribution in [0.3, 0.4) is 0 Å². The number of nitrogens with one attached hydrogen (secondary N) is 1. The van der Waals surface area contributed by atoms with Crippen molar-refractivity contribution in [3.8, 4) is 0 Å². The van der Waals surface area contributed by atoms with Gasteiger partial charge >= 0.3 is 0 Å². The van der Waals surface area contributed by atoms with Crippen LogP contribution in [0.25, 0.3) is 0 Å². The lowest BCUT2D eigenvalue weighted by molar-refractivity contribution is 0.602. The van der Waals surface area contributed by atoms with Gasteiger partial charge in [0, 0.05) is 19.4 Å². The maximum absolute atomic E-state index is 13.2. The lowest BCUT2D eigenvalue weighted by Gasteiger charge is -2.16. The normalized spacial score (nSPS) is 12.7. The minimum Gasteiger partial charge on any atom is -0.336 e. The molecule has 0 spiro atoms. The van der Waals surface area contributed by atoms with E-state index in [1.165, 1.54) is 6.07 Å². The Morgan fingerprint density at radius 3 is 2.76 bits per heavy atom. The lowest BCUT2D eigenvalue weighted by Crippen LogP contribution is -2.21. The number of nitrogens with zero attached hydrogens (tertiary/aromatic N) is 2. The lowest BCUT2D eigenvalue weighted by atomic mass is 10.1. The number of aryl methyl sites for hydroxylation is 1. The van der Waals surface area contributed by atoms with Crippen LogP contribution < -0.4 is 5.32 Å². The molecule has 0 radical (unpaired) electrons. The van der Waals surface area contributed by atoms with E-state index >= 15 is 0 Å². The summed E-state index contributed by atoms with van der Waals surface area (Å²) in [7, 11) is 3.79. The highest BCUT2D eigenvalue weighted by Crippen LogP contribution is 2.24. The SMILES string of the molecule is CNC(c1ccc(F)c(Br)c1)c1nccn1C. The molecule has 1 N–H and O–H groups in total. The summed E-state index contributed by atoms with van der Waals surface area (Å²) in [5.41, 5.74) is 0.968. The highest BCUT2D eigenvalue weighted by Gasteiger charge is 2.17. The predicted molar refractivity (Wildman–Crippen MR) is 68.2 cm³/mol. The van der Waals surface area contributed by atoms with E-state index in [2.05, 4.69) is 26.2 Å². The van der Waals surface area contributed by atoms with Crippen molar-refractivity contribution in [3.63, 3.8) is 0 Å². The Kier molecular flexibility index (Phi) is 3.59. The molecule has 17 heavy (non-hydrogen) atoms. The fourth-order valence-corrected chi connectivity index (χ4v) is 2.19. The summed E-state index contributed by atoms with van der Waals surface area (Å²) in [4.78, 5) is 4.31. The van der Waals surface area contributed by atoms with Crippen LogP contribution in [0.4, 0.5) is 4.39 Å². The zero-order chi connectivity index (χ0) is 12.4. The fourth-order valence-electron chi connectivity index (χ4n) is 1.79. The Morgan fingerprint density at radius 1 is 1.47 bits per heavy atom. The molecular weight excluding hydrogens is 285 g/mol. The predicted octanol–water partition coefficient (Wildman–Crippen LogP) is 2.63. The minimum atomic E-state index is -0.261. The molecule has 0 bridgehead atoms. The second kappa shape index (κ2) is 4.98. The molecule has 2 aromatic rings. The van der Waals surface area contributed by atoms with Gasteiger partial charge < -0.3 is 9.88 Å². The molecule has 1 aromatic carbocycles. The summed E-state index contributed by atoms with van der Waals surface area (Å²) in [5.74, 6) is 0.634. The number of benzene rings is 1. The molecule has 90 valence electrons. The molecule has 0 aliphatic carbocycles. The molecule has 0 aliphatic heterocycles. The minimum absolute atomic E-state index is 0.0492. The number of rotatable bonds is 3. The summed E-state index contributed by atoms with van der Waals surface area (Å²) >= 11 is 3.20. The van der Waals surface area contributed by atoms with Gasteiger partial charge in [0.1, 0.15) is 11.6 Å². The van der Waals surface area contributed by atoms with Crippen LogP contribution in [0.5, 0.6) is 0 Å². The Hall–Kier alpha value is -1.20. The molecule has 2 rings (SSSR count). The molecule has 0 amide bonds. The molecule has 0 fully saturated rings. The van der Waals surface area contributed by atoms with Crippen LogP contribution in [0.2, 0.25) is 0 Å². The quantitative estimate of drug-likeness (QED) is 0.944. The molecule has 1 heterocycles. The van der Waals surface area contributed by atoms with E-state index in [-0.39, 0.29) is 11.9 Å². The first-order valence-electron chi connectivity index (χ1n) is 5.23. The summed E-state index contributed by atoms with van der Waals surface area (Å²) in [6, 6.07) is 4.93. The summed E-state index contributed by atoms with van der Waals surface area (Å²) in [6.45, 7) is 0. The second-order valence-electron chi connectivity index (χ2n) is 3.79. The zero-order valence-electron chi connectivity index (χ0n) is 9.61. The maximum Gasteiger partial charge on any atom is 0.137 e. The van der Waals surface area contributed by atoms with Gasteiger partial charge in [0.15, 0.2) is 0 Å². The van der Waals surface area contributed by atoms with Gasteiger partial charge in [-0.2, -0.15) is 0 Å². The highest BCUT2D eigenvalue weighted by molar-refractivity contribution is 9.10. The third-order valence-corrected chi connectivity index (χ3v) is 3.29. The van der Waals surface area contributed by atoms with Crippen LogP contribution in [-0.4, -0.2) is 16.6 Å². The summed E-state index contributed by atoms with van der Waals surface area (Å²) in [5, 5.41) is 3.18. The van der Waals surface area contributed by atoms with Gasteiger partial charge in [-0.3, -0.25) is 0 Å². The number of aromatic nitrogens is 2. The van der Waals surface area contributed by atoms with Crippen molar-refractivity contribution in [2.45, 2.75) is 6.04 Å². The third kappa shape index (κ3) is 2.40. The van der Waals surface area contributed by atoms with Gasteiger partial charge in [0.25, 0.3) is 0 Å². The average molecular weight is 298 g/mol. The van der Waals surface area contributed by atoms with E-state index in [0.29, 0.717) is 4.47 Å². The van der Waals surface area contributed by atoms with E-state index in [9.17, 15) is 4.39 Å². The molecule has 0 aliphatic rings. The summed E-state index contributed by atoms with van der Waals surface area (Å²) < 4.78 is 15.6. The van der Waals surface area contributed by atoms with Gasteiger partial charge in [-0.1, -0.05) is 6.07 Å². The standard InChI is InChI=1S/C12H13BrFN3/c1-15-11(12-16-5-6-17(12)2)8-3-4-10(14)9(13)7-8/h3-7,11,15H,1-2H3. The van der Waals surface area contributed by atoms with E-state index in [1.807, 2.05) is 24.9 Å².